The number of hydrogen-bond acceptors (Lipinski definition) is 2. The van der Waals surface area contributed by atoms with Crippen LogP contribution in [0.2, 0.25) is 0 Å². The van der Waals surface area contributed by atoms with Crippen molar-refractivity contribution < 1.29 is 9.53 Å². The smallest absolute Gasteiger partial charge is 0.354 e. The Labute approximate surface area is 83.5 Å². The lowest BCUT2D eigenvalue weighted by Gasteiger charge is -2.08. The van der Waals surface area contributed by atoms with Gasteiger partial charge in [0.25, 0.3) is 0 Å². The Morgan fingerprint density at radius 1 is 1.50 bits per heavy atom. The number of nitrogens with one attached hydrogen (secondary N) is 1. The number of aryl methyl sites for hydroxylation is 2. The molecule has 1 aliphatic rings. The van der Waals surface area contributed by atoms with Crippen LogP contribution in [-0.4, -0.2) is 17.6 Å². The molecular weight excluding hydrogens is 178 g/mol. The summed E-state index contributed by atoms with van der Waals surface area (Å²) in [6, 6.07) is 1.94. The SMILES string of the molecule is CCOC(=O)c1cc2c([nH]1)CCCC2. The Balaban J connectivity index is 2.19. The Morgan fingerprint density at radius 2 is 2.29 bits per heavy atom. The van der Waals surface area contributed by atoms with Crippen LogP contribution in [0.15, 0.2) is 6.07 Å². The second-order valence-corrected chi connectivity index (χ2v) is 3.61. The predicted octanol–water partition coefficient (Wildman–Crippen LogP) is 2.07. The third-order valence-electron chi connectivity index (χ3n) is 2.61. The molecule has 0 aromatic carbocycles. The molecule has 1 aromatic rings. The van der Waals surface area contributed by atoms with Gasteiger partial charge in [0.15, 0.2) is 0 Å². The van der Waals surface area contributed by atoms with E-state index in [4.69, 9.17) is 4.74 Å². The highest BCUT2D eigenvalue weighted by Crippen LogP contribution is 2.21. The minimum Gasteiger partial charge on any atom is -0.461 e. The monoisotopic (exact) mass is 193 g/mol. The molecule has 0 fully saturated rings. The number of aromatic nitrogens is 1. The Kier molecular flexibility index (Phi) is 2.57. The molecule has 0 spiro atoms. The summed E-state index contributed by atoms with van der Waals surface area (Å²) in [5.41, 5.74) is 3.12. The Hall–Kier alpha value is -1.25. The lowest BCUT2D eigenvalue weighted by molar-refractivity contribution is 0.0520. The van der Waals surface area contributed by atoms with E-state index in [1.165, 1.54) is 24.1 Å². The Morgan fingerprint density at radius 3 is 3.00 bits per heavy atom. The zero-order valence-electron chi connectivity index (χ0n) is 8.43. The number of carbonyl (C=O) groups excluding carboxylic acids is 1. The molecule has 0 atom stereocenters. The fraction of sp³-hybridized carbons (Fsp3) is 0.545. The second kappa shape index (κ2) is 3.86. The first-order chi connectivity index (χ1) is 6.81. The number of esters is 1. The van der Waals surface area contributed by atoms with Gasteiger partial charge in [-0.3, -0.25) is 0 Å². The quantitative estimate of drug-likeness (QED) is 0.730. The zero-order chi connectivity index (χ0) is 9.97. The molecule has 0 unspecified atom stereocenters. The van der Waals surface area contributed by atoms with Gasteiger partial charge in [0.2, 0.25) is 0 Å². The van der Waals surface area contributed by atoms with Crippen LogP contribution in [0.5, 0.6) is 0 Å². The van der Waals surface area contributed by atoms with Crippen LogP contribution in [-0.2, 0) is 17.6 Å². The standard InChI is InChI=1S/C11H15NO2/c1-2-14-11(13)10-7-8-5-3-4-6-9(8)12-10/h7,12H,2-6H2,1H3. The molecule has 1 N–H and O–H groups in total. The Bertz CT molecular complexity index is 318. The average molecular weight is 193 g/mol. The minimum absolute atomic E-state index is 0.234. The summed E-state index contributed by atoms with van der Waals surface area (Å²) in [6.45, 7) is 2.25. The number of fused-ring (bicyclic) bond motifs is 1. The molecule has 14 heavy (non-hydrogen) atoms. The summed E-state index contributed by atoms with van der Waals surface area (Å²) in [7, 11) is 0. The van der Waals surface area contributed by atoms with Gasteiger partial charge in [0.05, 0.1) is 6.61 Å². The largest absolute Gasteiger partial charge is 0.461 e. The van der Waals surface area contributed by atoms with Crippen molar-refractivity contribution >= 4 is 5.97 Å². The molecule has 0 amide bonds. The van der Waals surface area contributed by atoms with Crippen LogP contribution in [0, 0.1) is 0 Å². The molecule has 2 rings (SSSR count). The van der Waals surface area contributed by atoms with Crippen molar-refractivity contribution in [2.45, 2.75) is 32.6 Å². The third-order valence-corrected chi connectivity index (χ3v) is 2.61. The summed E-state index contributed by atoms with van der Waals surface area (Å²) >= 11 is 0. The minimum atomic E-state index is -0.234. The van der Waals surface area contributed by atoms with Crippen LogP contribution < -0.4 is 0 Å². The molecule has 76 valence electrons. The van der Waals surface area contributed by atoms with Gasteiger partial charge in [-0.2, -0.15) is 0 Å². The molecular formula is C11H15NO2. The summed E-state index contributed by atoms with van der Waals surface area (Å²) in [6.07, 6.45) is 4.60. The van der Waals surface area contributed by atoms with Crippen molar-refractivity contribution in [3.63, 3.8) is 0 Å². The van der Waals surface area contributed by atoms with Gasteiger partial charge in [-0.1, -0.05) is 0 Å². The van der Waals surface area contributed by atoms with E-state index in [0.29, 0.717) is 12.3 Å². The number of carbonyl (C=O) groups is 1. The number of aromatic amines is 1. The third kappa shape index (κ3) is 1.67. The molecule has 1 aromatic heterocycles. The molecule has 1 aliphatic carbocycles. The topological polar surface area (TPSA) is 42.1 Å². The maximum atomic E-state index is 11.4. The first-order valence-corrected chi connectivity index (χ1v) is 5.19. The number of ether oxygens (including phenoxy) is 1. The number of H-pyrrole nitrogens is 1. The van der Waals surface area contributed by atoms with Gasteiger partial charge >= 0.3 is 5.97 Å². The highest BCUT2D eigenvalue weighted by atomic mass is 16.5. The van der Waals surface area contributed by atoms with Crippen LogP contribution in [0.4, 0.5) is 0 Å². The van der Waals surface area contributed by atoms with Gasteiger partial charge in [0.1, 0.15) is 5.69 Å². The molecule has 0 bridgehead atoms. The van der Waals surface area contributed by atoms with E-state index < -0.39 is 0 Å². The molecule has 3 nitrogen and oxygen atoms in total. The summed E-state index contributed by atoms with van der Waals surface area (Å²) < 4.78 is 4.94. The molecule has 3 heteroatoms. The normalized spacial score (nSPS) is 14.9. The van der Waals surface area contributed by atoms with Crippen LogP contribution >= 0.6 is 0 Å². The van der Waals surface area contributed by atoms with Gasteiger partial charge in [-0.05, 0) is 44.2 Å². The highest BCUT2D eigenvalue weighted by molar-refractivity contribution is 5.87. The number of hydrogen-bond donors (Lipinski definition) is 1. The maximum absolute atomic E-state index is 11.4. The van der Waals surface area contributed by atoms with E-state index in [1.54, 1.807) is 0 Å². The summed E-state index contributed by atoms with van der Waals surface area (Å²) in [5, 5.41) is 0. The van der Waals surface area contributed by atoms with Gasteiger partial charge < -0.3 is 9.72 Å². The van der Waals surface area contributed by atoms with Crippen molar-refractivity contribution in [1.82, 2.24) is 4.98 Å². The molecule has 1 heterocycles. The lowest BCUT2D eigenvalue weighted by Crippen LogP contribution is -2.05. The number of rotatable bonds is 2. The first-order valence-electron chi connectivity index (χ1n) is 5.19. The fourth-order valence-corrected chi connectivity index (χ4v) is 1.92. The van der Waals surface area contributed by atoms with E-state index in [1.807, 2.05) is 13.0 Å². The van der Waals surface area contributed by atoms with Gasteiger partial charge in [-0.25, -0.2) is 4.79 Å². The lowest BCUT2D eigenvalue weighted by atomic mass is 9.98. The van der Waals surface area contributed by atoms with E-state index >= 15 is 0 Å². The van der Waals surface area contributed by atoms with Crippen LogP contribution in [0.1, 0.15) is 41.5 Å². The first kappa shape index (κ1) is 9.31. The van der Waals surface area contributed by atoms with E-state index in [0.717, 1.165) is 12.8 Å². The molecule has 0 radical (unpaired) electrons. The van der Waals surface area contributed by atoms with Crippen molar-refractivity contribution in [3.05, 3.63) is 23.0 Å². The van der Waals surface area contributed by atoms with Gasteiger partial charge in [-0.15, -0.1) is 0 Å². The molecule has 0 saturated heterocycles. The summed E-state index contributed by atoms with van der Waals surface area (Å²) in [4.78, 5) is 14.6. The van der Waals surface area contributed by atoms with Crippen LogP contribution in [0.3, 0.4) is 0 Å². The molecule has 0 aliphatic heterocycles. The van der Waals surface area contributed by atoms with Crippen LogP contribution in [0.25, 0.3) is 0 Å². The van der Waals surface area contributed by atoms with Crippen molar-refractivity contribution in [2.75, 3.05) is 6.61 Å². The summed E-state index contributed by atoms with van der Waals surface area (Å²) in [5.74, 6) is -0.234. The molecule has 0 saturated carbocycles. The van der Waals surface area contributed by atoms with E-state index in [-0.39, 0.29) is 5.97 Å². The van der Waals surface area contributed by atoms with E-state index in [2.05, 4.69) is 4.98 Å². The second-order valence-electron chi connectivity index (χ2n) is 3.61. The predicted molar refractivity (Wildman–Crippen MR) is 53.4 cm³/mol. The zero-order valence-corrected chi connectivity index (χ0v) is 8.43. The van der Waals surface area contributed by atoms with Gasteiger partial charge in [0, 0.05) is 5.69 Å². The van der Waals surface area contributed by atoms with Crippen molar-refractivity contribution in [1.29, 1.82) is 0 Å². The van der Waals surface area contributed by atoms with E-state index in [9.17, 15) is 4.79 Å². The maximum Gasteiger partial charge on any atom is 0.354 e. The average Bonchev–Trinajstić information content (AvgIpc) is 2.61. The van der Waals surface area contributed by atoms with Crippen molar-refractivity contribution in [2.24, 2.45) is 0 Å². The fourth-order valence-electron chi connectivity index (χ4n) is 1.92. The van der Waals surface area contributed by atoms with Crippen molar-refractivity contribution in [3.8, 4) is 0 Å². The highest BCUT2D eigenvalue weighted by Gasteiger charge is 2.16.